The summed E-state index contributed by atoms with van der Waals surface area (Å²) in [5.74, 6) is 0.405. The molecule has 1 aliphatic heterocycles. The Kier molecular flexibility index (Phi) is 5.57. The van der Waals surface area contributed by atoms with Gasteiger partial charge in [-0.1, -0.05) is 26.0 Å². The number of morpholine rings is 1. The molecule has 2 unspecified atom stereocenters. The van der Waals surface area contributed by atoms with Gasteiger partial charge in [-0.05, 0) is 42.9 Å². The fourth-order valence-corrected chi connectivity index (χ4v) is 3.04. The van der Waals surface area contributed by atoms with Crippen LogP contribution in [0.5, 0.6) is 0 Å². The Hall–Kier alpha value is -1.42. The molecule has 4 heteroatoms. The molecule has 1 saturated heterocycles. The quantitative estimate of drug-likeness (QED) is 0.852. The maximum absolute atomic E-state index is 13.5. The lowest BCUT2D eigenvalue weighted by Gasteiger charge is -2.35. The van der Waals surface area contributed by atoms with Crippen LogP contribution in [-0.4, -0.2) is 36.6 Å². The maximum atomic E-state index is 13.5. The van der Waals surface area contributed by atoms with Crippen molar-refractivity contribution in [3.63, 3.8) is 0 Å². The monoisotopic (exact) mass is 307 g/mol. The molecule has 3 nitrogen and oxygen atoms in total. The molecule has 1 heterocycles. The van der Waals surface area contributed by atoms with Crippen molar-refractivity contribution in [3.8, 4) is 0 Å². The fraction of sp³-hybridized carbons (Fsp3) is 0.611. The summed E-state index contributed by atoms with van der Waals surface area (Å²) in [4.78, 5) is 14.6. The number of halogens is 1. The number of hydrogen-bond donors (Lipinski definition) is 0. The van der Waals surface area contributed by atoms with Crippen molar-refractivity contribution in [2.75, 3.05) is 19.8 Å². The van der Waals surface area contributed by atoms with Gasteiger partial charge in [0.15, 0.2) is 0 Å². The van der Waals surface area contributed by atoms with E-state index in [0.29, 0.717) is 37.7 Å². The molecule has 0 bridgehead atoms. The van der Waals surface area contributed by atoms with E-state index in [1.54, 1.807) is 6.92 Å². The highest BCUT2D eigenvalue weighted by molar-refractivity contribution is 5.77. The van der Waals surface area contributed by atoms with Gasteiger partial charge in [-0.3, -0.25) is 4.79 Å². The lowest BCUT2D eigenvalue weighted by atomic mass is 9.84. The summed E-state index contributed by atoms with van der Waals surface area (Å²) in [6.07, 6.45) is 0.465. The molecule has 1 amide bonds. The van der Waals surface area contributed by atoms with Crippen LogP contribution in [0.4, 0.5) is 4.39 Å². The predicted molar refractivity (Wildman–Crippen MR) is 85.3 cm³/mol. The Morgan fingerprint density at radius 3 is 2.77 bits per heavy atom. The molecule has 122 valence electrons. The number of ether oxygens (including phenoxy) is 1. The van der Waals surface area contributed by atoms with Crippen LogP contribution >= 0.6 is 0 Å². The Morgan fingerprint density at radius 1 is 1.45 bits per heavy atom. The highest BCUT2D eigenvalue weighted by Gasteiger charge is 2.27. The Bertz CT molecular complexity index is 530. The van der Waals surface area contributed by atoms with Crippen molar-refractivity contribution in [1.29, 1.82) is 0 Å². The van der Waals surface area contributed by atoms with Gasteiger partial charge in [0.2, 0.25) is 5.91 Å². The first-order chi connectivity index (χ1) is 10.4. The standard InChI is InChI=1S/C18H26FNO2/c1-12(2)16(15-5-6-17(19)13(3)9-15)10-18(21)20-7-8-22-11-14(20)4/h5-6,9,12,14,16H,7-8,10-11H2,1-4H3. The van der Waals surface area contributed by atoms with Gasteiger partial charge in [0.1, 0.15) is 5.82 Å². The molecule has 0 aliphatic carbocycles. The Morgan fingerprint density at radius 2 is 2.18 bits per heavy atom. The van der Waals surface area contributed by atoms with Crippen LogP contribution in [0.1, 0.15) is 44.2 Å². The van der Waals surface area contributed by atoms with Crippen LogP contribution in [0.3, 0.4) is 0 Å². The lowest BCUT2D eigenvalue weighted by molar-refractivity contribution is -0.139. The van der Waals surface area contributed by atoms with Crippen molar-refractivity contribution < 1.29 is 13.9 Å². The summed E-state index contributed by atoms with van der Waals surface area (Å²) in [5.41, 5.74) is 1.68. The molecule has 0 aromatic heterocycles. The lowest BCUT2D eigenvalue weighted by Crippen LogP contribution is -2.47. The fourth-order valence-electron chi connectivity index (χ4n) is 3.04. The van der Waals surface area contributed by atoms with E-state index < -0.39 is 0 Å². The van der Waals surface area contributed by atoms with Gasteiger partial charge in [0, 0.05) is 13.0 Å². The molecule has 0 N–H and O–H groups in total. The van der Waals surface area contributed by atoms with E-state index in [1.165, 1.54) is 6.07 Å². The Labute approximate surface area is 132 Å². The number of nitrogens with zero attached hydrogens (tertiary/aromatic N) is 1. The topological polar surface area (TPSA) is 29.5 Å². The van der Waals surface area contributed by atoms with Crippen molar-refractivity contribution >= 4 is 5.91 Å². The maximum Gasteiger partial charge on any atom is 0.223 e. The smallest absolute Gasteiger partial charge is 0.223 e. The molecule has 1 fully saturated rings. The van der Waals surface area contributed by atoms with Gasteiger partial charge >= 0.3 is 0 Å². The van der Waals surface area contributed by atoms with E-state index in [2.05, 4.69) is 13.8 Å². The summed E-state index contributed by atoms with van der Waals surface area (Å²) >= 11 is 0. The van der Waals surface area contributed by atoms with Crippen LogP contribution in [-0.2, 0) is 9.53 Å². The first-order valence-corrected chi connectivity index (χ1v) is 8.03. The van der Waals surface area contributed by atoms with Gasteiger partial charge < -0.3 is 9.64 Å². The Balaban J connectivity index is 2.14. The van der Waals surface area contributed by atoms with E-state index >= 15 is 0 Å². The van der Waals surface area contributed by atoms with Crippen molar-refractivity contribution in [2.24, 2.45) is 5.92 Å². The minimum atomic E-state index is -0.195. The number of hydrogen-bond acceptors (Lipinski definition) is 2. The normalized spacial score (nSPS) is 20.3. The second-order valence-corrected chi connectivity index (χ2v) is 6.57. The molecule has 22 heavy (non-hydrogen) atoms. The largest absolute Gasteiger partial charge is 0.377 e. The number of aryl methyl sites for hydroxylation is 1. The number of amides is 1. The van der Waals surface area contributed by atoms with Gasteiger partial charge in [0.05, 0.1) is 19.3 Å². The minimum absolute atomic E-state index is 0.113. The average Bonchev–Trinajstić information content (AvgIpc) is 2.47. The van der Waals surface area contributed by atoms with E-state index in [-0.39, 0.29) is 23.7 Å². The SMILES string of the molecule is Cc1cc(C(CC(=O)N2CCOCC2C)C(C)C)ccc1F. The zero-order valence-corrected chi connectivity index (χ0v) is 13.9. The molecule has 1 aromatic rings. The average molecular weight is 307 g/mol. The first-order valence-electron chi connectivity index (χ1n) is 8.03. The van der Waals surface area contributed by atoms with Crippen LogP contribution in [0.15, 0.2) is 18.2 Å². The number of benzene rings is 1. The van der Waals surface area contributed by atoms with Crippen LogP contribution in [0.2, 0.25) is 0 Å². The predicted octanol–water partition coefficient (Wildman–Crippen LogP) is 3.51. The number of rotatable bonds is 4. The van der Waals surface area contributed by atoms with E-state index in [9.17, 15) is 9.18 Å². The summed E-state index contributed by atoms with van der Waals surface area (Å²) in [6.45, 7) is 9.88. The zero-order valence-electron chi connectivity index (χ0n) is 13.9. The summed E-state index contributed by atoms with van der Waals surface area (Å²) in [7, 11) is 0. The van der Waals surface area contributed by atoms with Gasteiger partial charge in [0.25, 0.3) is 0 Å². The third kappa shape index (κ3) is 3.86. The van der Waals surface area contributed by atoms with E-state index in [1.807, 2.05) is 24.0 Å². The van der Waals surface area contributed by atoms with Gasteiger partial charge in [-0.15, -0.1) is 0 Å². The molecule has 1 aliphatic rings. The van der Waals surface area contributed by atoms with Gasteiger partial charge in [-0.2, -0.15) is 0 Å². The highest BCUT2D eigenvalue weighted by atomic mass is 19.1. The summed E-state index contributed by atoms with van der Waals surface area (Å²) < 4.78 is 18.9. The van der Waals surface area contributed by atoms with Crippen LogP contribution < -0.4 is 0 Å². The third-order valence-electron chi connectivity index (χ3n) is 4.50. The van der Waals surface area contributed by atoms with Crippen LogP contribution in [0.25, 0.3) is 0 Å². The van der Waals surface area contributed by atoms with Crippen molar-refractivity contribution in [2.45, 2.75) is 46.1 Å². The zero-order chi connectivity index (χ0) is 16.3. The summed E-state index contributed by atoms with van der Waals surface area (Å²) in [5, 5.41) is 0. The second-order valence-electron chi connectivity index (χ2n) is 6.57. The second kappa shape index (κ2) is 7.23. The molecule has 1 aromatic carbocycles. The molecule has 2 atom stereocenters. The number of carbonyl (C=O) groups is 1. The van der Waals surface area contributed by atoms with Crippen molar-refractivity contribution in [1.82, 2.24) is 4.90 Å². The van der Waals surface area contributed by atoms with E-state index in [4.69, 9.17) is 4.74 Å². The number of carbonyl (C=O) groups excluding carboxylic acids is 1. The highest BCUT2D eigenvalue weighted by Crippen LogP contribution is 2.30. The van der Waals surface area contributed by atoms with Crippen LogP contribution in [0, 0.1) is 18.7 Å². The molecular formula is C18H26FNO2. The molecular weight excluding hydrogens is 281 g/mol. The molecule has 0 spiro atoms. The minimum Gasteiger partial charge on any atom is -0.377 e. The van der Waals surface area contributed by atoms with Crippen molar-refractivity contribution in [3.05, 3.63) is 35.1 Å². The molecule has 0 radical (unpaired) electrons. The van der Waals surface area contributed by atoms with E-state index in [0.717, 1.165) is 5.56 Å². The third-order valence-corrected chi connectivity index (χ3v) is 4.50. The summed E-state index contributed by atoms with van der Waals surface area (Å²) in [6, 6.07) is 5.31. The molecule has 0 saturated carbocycles. The molecule has 2 rings (SSSR count). The first kappa shape index (κ1) is 16.9. The van der Waals surface area contributed by atoms with Gasteiger partial charge in [-0.25, -0.2) is 4.39 Å².